The molecule has 0 fully saturated rings. The van der Waals surface area contributed by atoms with E-state index in [0.717, 1.165) is 29.1 Å². The summed E-state index contributed by atoms with van der Waals surface area (Å²) in [6.07, 6.45) is 2.84. The molecule has 3 aromatic rings. The van der Waals surface area contributed by atoms with Crippen LogP contribution >= 0.6 is 0 Å². The second-order valence-electron chi connectivity index (χ2n) is 9.90. The number of nitrogens with zero attached hydrogens (tertiary/aromatic N) is 2. The Morgan fingerprint density at radius 1 is 0.943 bits per heavy atom. The zero-order valence-electron chi connectivity index (χ0n) is 21.7. The van der Waals surface area contributed by atoms with Crippen LogP contribution in [-0.2, 0) is 28.8 Å². The van der Waals surface area contributed by atoms with Crippen molar-refractivity contribution in [2.24, 2.45) is 0 Å². The monoisotopic (exact) mass is 474 g/mol. The summed E-state index contributed by atoms with van der Waals surface area (Å²) >= 11 is 0. The number of carbonyl (C=O) groups is 1. The Morgan fingerprint density at radius 3 is 2.00 bits per heavy atom. The fourth-order valence-electron chi connectivity index (χ4n) is 4.28. The smallest absolute Gasteiger partial charge is 0.257 e. The predicted molar refractivity (Wildman–Crippen MR) is 141 cm³/mol. The molecule has 5 heteroatoms. The van der Waals surface area contributed by atoms with Crippen molar-refractivity contribution >= 4 is 5.78 Å². The van der Waals surface area contributed by atoms with Crippen LogP contribution in [0.15, 0.2) is 65.5 Å². The molecular weight excluding hydrogens is 436 g/mol. The summed E-state index contributed by atoms with van der Waals surface area (Å²) in [7, 11) is 0. The Balaban J connectivity index is 2.06. The van der Waals surface area contributed by atoms with E-state index in [-0.39, 0.29) is 29.6 Å². The number of aryl methyl sites for hydroxylation is 2. The summed E-state index contributed by atoms with van der Waals surface area (Å²) in [5.74, 6) is 0.763. The van der Waals surface area contributed by atoms with Crippen LogP contribution in [0.5, 0.6) is 0 Å². The molecule has 1 aromatic heterocycles. The third-order valence-corrected chi connectivity index (χ3v) is 5.98. The van der Waals surface area contributed by atoms with E-state index in [1.54, 1.807) is 0 Å². The maximum absolute atomic E-state index is 14.1. The maximum Gasteiger partial charge on any atom is 0.257 e. The minimum atomic E-state index is -0.360. The summed E-state index contributed by atoms with van der Waals surface area (Å²) in [4.78, 5) is 31.5. The van der Waals surface area contributed by atoms with Crippen molar-refractivity contribution < 1.29 is 9.53 Å². The van der Waals surface area contributed by atoms with Gasteiger partial charge in [-0.25, -0.2) is 4.98 Å². The minimum absolute atomic E-state index is 0.00945. The van der Waals surface area contributed by atoms with Crippen LogP contribution in [0.2, 0.25) is 0 Å². The third kappa shape index (κ3) is 6.98. The van der Waals surface area contributed by atoms with Crippen molar-refractivity contribution in [1.82, 2.24) is 9.55 Å². The summed E-state index contributed by atoms with van der Waals surface area (Å²) in [6.45, 7) is 9.97. The molecule has 186 valence electrons. The van der Waals surface area contributed by atoms with Crippen molar-refractivity contribution in [3.8, 4) is 0 Å². The molecule has 1 heterocycles. The molecule has 3 rings (SSSR count). The second-order valence-corrected chi connectivity index (χ2v) is 9.90. The zero-order valence-corrected chi connectivity index (χ0v) is 21.7. The lowest BCUT2D eigenvalue weighted by Gasteiger charge is -2.25. The highest BCUT2D eigenvalue weighted by atomic mass is 16.5. The summed E-state index contributed by atoms with van der Waals surface area (Å²) in [5.41, 5.74) is 3.18. The van der Waals surface area contributed by atoms with Gasteiger partial charge in [-0.05, 0) is 44.7 Å². The SMILES string of the molecule is CCCc1c(CCC(=O)COC(C)(C)C)nc(CC)n(C(c2ccccc2)c2ccccc2)c1=O. The lowest BCUT2D eigenvalue weighted by atomic mass is 9.97. The summed E-state index contributed by atoms with van der Waals surface area (Å²) in [5, 5.41) is 0. The largest absolute Gasteiger partial charge is 0.368 e. The average Bonchev–Trinajstić information content (AvgIpc) is 2.85. The van der Waals surface area contributed by atoms with E-state index in [1.807, 2.05) is 68.7 Å². The van der Waals surface area contributed by atoms with Gasteiger partial charge in [0.2, 0.25) is 0 Å². The molecule has 0 unspecified atom stereocenters. The van der Waals surface area contributed by atoms with Crippen LogP contribution in [0.4, 0.5) is 0 Å². The van der Waals surface area contributed by atoms with Gasteiger partial charge >= 0.3 is 0 Å². The number of aromatic nitrogens is 2. The summed E-state index contributed by atoms with van der Waals surface area (Å²) < 4.78 is 7.50. The van der Waals surface area contributed by atoms with Crippen LogP contribution < -0.4 is 5.56 Å². The van der Waals surface area contributed by atoms with Crippen LogP contribution in [0, 0.1) is 0 Å². The molecule has 0 amide bonds. The van der Waals surface area contributed by atoms with E-state index in [9.17, 15) is 9.59 Å². The zero-order chi connectivity index (χ0) is 25.4. The van der Waals surface area contributed by atoms with E-state index in [0.29, 0.717) is 31.2 Å². The van der Waals surface area contributed by atoms with E-state index in [1.165, 1.54) is 0 Å². The number of rotatable bonds is 11. The molecule has 35 heavy (non-hydrogen) atoms. The number of Topliss-reactive ketones (excluding diaryl/α,β-unsaturated/α-hetero) is 1. The molecule has 0 N–H and O–H groups in total. The molecule has 2 aromatic carbocycles. The fraction of sp³-hybridized carbons (Fsp3) is 0.433. The van der Waals surface area contributed by atoms with Gasteiger partial charge in [-0.3, -0.25) is 14.2 Å². The fourth-order valence-corrected chi connectivity index (χ4v) is 4.28. The molecule has 0 aliphatic rings. The van der Waals surface area contributed by atoms with E-state index < -0.39 is 0 Å². The predicted octanol–water partition coefficient (Wildman–Crippen LogP) is 5.71. The van der Waals surface area contributed by atoms with Gasteiger partial charge in [0.25, 0.3) is 5.56 Å². The lowest BCUT2D eigenvalue weighted by molar-refractivity contribution is -0.128. The summed E-state index contributed by atoms with van der Waals surface area (Å²) in [6, 6.07) is 20.0. The number of hydrogen-bond acceptors (Lipinski definition) is 4. The molecular formula is C30H38N2O3. The molecule has 0 spiro atoms. The number of carbonyl (C=O) groups excluding carboxylic acids is 1. The van der Waals surface area contributed by atoms with Crippen LogP contribution in [0.25, 0.3) is 0 Å². The highest BCUT2D eigenvalue weighted by Gasteiger charge is 2.24. The Labute approximate surface area is 209 Å². The molecule has 0 aliphatic heterocycles. The quantitative estimate of drug-likeness (QED) is 0.357. The number of benzene rings is 2. The van der Waals surface area contributed by atoms with Crippen molar-refractivity contribution in [3.05, 3.63) is 99.2 Å². The first-order chi connectivity index (χ1) is 16.7. The third-order valence-electron chi connectivity index (χ3n) is 5.98. The number of hydrogen-bond donors (Lipinski definition) is 0. The molecule has 5 nitrogen and oxygen atoms in total. The van der Waals surface area contributed by atoms with Gasteiger partial charge in [-0.2, -0.15) is 0 Å². The van der Waals surface area contributed by atoms with Crippen molar-refractivity contribution in [1.29, 1.82) is 0 Å². The van der Waals surface area contributed by atoms with Gasteiger partial charge < -0.3 is 4.74 Å². The molecule has 0 atom stereocenters. The van der Waals surface area contributed by atoms with E-state index >= 15 is 0 Å². The second kappa shape index (κ2) is 12.1. The number of ketones is 1. The highest BCUT2D eigenvalue weighted by Crippen LogP contribution is 2.27. The first-order valence-electron chi connectivity index (χ1n) is 12.6. The van der Waals surface area contributed by atoms with Crippen LogP contribution in [0.1, 0.15) is 81.7 Å². The standard InChI is InChI=1S/C30H38N2O3/c1-6-14-25-26(20-19-24(33)21-35-30(3,4)5)31-27(7-2)32(29(25)34)28(22-15-10-8-11-16-22)23-17-12-9-13-18-23/h8-13,15-18,28H,6-7,14,19-21H2,1-5H3. The van der Waals surface area contributed by atoms with Crippen LogP contribution in [-0.4, -0.2) is 27.5 Å². The Bertz CT molecular complexity index is 1120. The molecule has 0 aliphatic carbocycles. The van der Waals surface area contributed by atoms with Crippen molar-refractivity contribution in [2.75, 3.05) is 6.61 Å². The van der Waals surface area contributed by atoms with Gasteiger partial charge in [-0.15, -0.1) is 0 Å². The van der Waals surface area contributed by atoms with Gasteiger partial charge in [0.05, 0.1) is 17.3 Å². The van der Waals surface area contributed by atoms with Crippen LogP contribution in [0.3, 0.4) is 0 Å². The molecule has 0 bridgehead atoms. The maximum atomic E-state index is 14.1. The molecule has 0 saturated carbocycles. The van der Waals surface area contributed by atoms with Gasteiger partial charge in [0, 0.05) is 18.4 Å². The van der Waals surface area contributed by atoms with E-state index in [2.05, 4.69) is 31.2 Å². The van der Waals surface area contributed by atoms with Gasteiger partial charge in [-0.1, -0.05) is 80.9 Å². The van der Waals surface area contributed by atoms with E-state index in [4.69, 9.17) is 9.72 Å². The van der Waals surface area contributed by atoms with Crippen molar-refractivity contribution in [3.63, 3.8) is 0 Å². The Hall–Kier alpha value is -3.05. The Kier molecular flexibility index (Phi) is 9.16. The topological polar surface area (TPSA) is 61.2 Å². The lowest BCUT2D eigenvalue weighted by Crippen LogP contribution is -2.34. The normalized spacial score (nSPS) is 11.7. The Morgan fingerprint density at radius 2 is 1.51 bits per heavy atom. The van der Waals surface area contributed by atoms with Gasteiger partial charge in [0.15, 0.2) is 5.78 Å². The van der Waals surface area contributed by atoms with Gasteiger partial charge in [0.1, 0.15) is 12.4 Å². The average molecular weight is 475 g/mol. The molecule has 0 radical (unpaired) electrons. The first kappa shape index (κ1) is 26.6. The first-order valence-corrected chi connectivity index (χ1v) is 12.6. The minimum Gasteiger partial charge on any atom is -0.368 e. The van der Waals surface area contributed by atoms with Crippen molar-refractivity contribution in [2.45, 2.75) is 78.4 Å². The highest BCUT2D eigenvalue weighted by molar-refractivity contribution is 5.79. The molecule has 0 saturated heterocycles. The number of ether oxygens (including phenoxy) is 1.